The Bertz CT molecular complexity index is 430. The SMILES string of the molecule is CC.CCc1cccc(N2CCC(=O)NC2=O)c1. The van der Waals surface area contributed by atoms with Crippen molar-refractivity contribution < 1.29 is 9.59 Å². The van der Waals surface area contributed by atoms with Gasteiger partial charge in [0.2, 0.25) is 5.91 Å². The number of hydrogen-bond acceptors (Lipinski definition) is 2. The first-order valence-corrected chi connectivity index (χ1v) is 6.41. The molecule has 1 N–H and O–H groups in total. The Morgan fingerprint density at radius 1 is 1.28 bits per heavy atom. The summed E-state index contributed by atoms with van der Waals surface area (Å²) in [5, 5.41) is 2.31. The number of nitrogens with zero attached hydrogens (tertiary/aromatic N) is 1. The van der Waals surface area contributed by atoms with Crippen LogP contribution in [0.3, 0.4) is 0 Å². The van der Waals surface area contributed by atoms with Gasteiger partial charge in [-0.25, -0.2) is 4.79 Å². The third-order valence-corrected chi connectivity index (χ3v) is 2.68. The number of nitrogens with one attached hydrogen (secondary N) is 1. The van der Waals surface area contributed by atoms with E-state index in [9.17, 15) is 9.59 Å². The fourth-order valence-electron chi connectivity index (χ4n) is 1.75. The third-order valence-electron chi connectivity index (χ3n) is 2.68. The summed E-state index contributed by atoms with van der Waals surface area (Å²) < 4.78 is 0. The second-order valence-corrected chi connectivity index (χ2v) is 3.78. The van der Waals surface area contributed by atoms with Gasteiger partial charge in [0, 0.05) is 18.7 Å². The van der Waals surface area contributed by atoms with Gasteiger partial charge in [-0.2, -0.15) is 0 Å². The Labute approximate surface area is 108 Å². The average Bonchev–Trinajstić information content (AvgIpc) is 2.41. The number of carbonyl (C=O) groups excluding carboxylic acids is 2. The average molecular weight is 248 g/mol. The molecule has 0 bridgehead atoms. The van der Waals surface area contributed by atoms with Gasteiger partial charge >= 0.3 is 6.03 Å². The molecule has 2 rings (SSSR count). The number of imide groups is 1. The lowest BCUT2D eigenvalue weighted by Gasteiger charge is -2.26. The van der Waals surface area contributed by atoms with Crippen molar-refractivity contribution in [3.05, 3.63) is 29.8 Å². The van der Waals surface area contributed by atoms with E-state index in [2.05, 4.69) is 12.2 Å². The fourth-order valence-corrected chi connectivity index (χ4v) is 1.75. The number of carbonyl (C=O) groups is 2. The van der Waals surface area contributed by atoms with E-state index in [0.29, 0.717) is 13.0 Å². The van der Waals surface area contributed by atoms with Crippen molar-refractivity contribution in [1.29, 1.82) is 0 Å². The smallest absolute Gasteiger partial charge is 0.294 e. The molecule has 4 nitrogen and oxygen atoms in total. The number of hydrogen-bond donors (Lipinski definition) is 1. The Morgan fingerprint density at radius 3 is 2.61 bits per heavy atom. The van der Waals surface area contributed by atoms with Gasteiger partial charge in [-0.15, -0.1) is 0 Å². The van der Waals surface area contributed by atoms with E-state index in [1.807, 2.05) is 38.1 Å². The summed E-state index contributed by atoms with van der Waals surface area (Å²) in [6.45, 7) is 6.52. The maximum absolute atomic E-state index is 11.6. The van der Waals surface area contributed by atoms with Gasteiger partial charge < -0.3 is 0 Å². The lowest BCUT2D eigenvalue weighted by atomic mass is 10.1. The van der Waals surface area contributed by atoms with E-state index in [1.165, 1.54) is 5.56 Å². The predicted octanol–water partition coefficient (Wildman–Crippen LogP) is 2.72. The number of anilines is 1. The van der Waals surface area contributed by atoms with Gasteiger partial charge in [-0.1, -0.05) is 32.9 Å². The van der Waals surface area contributed by atoms with Crippen molar-refractivity contribution in [3.63, 3.8) is 0 Å². The molecule has 0 saturated carbocycles. The first-order valence-electron chi connectivity index (χ1n) is 6.41. The van der Waals surface area contributed by atoms with Crippen LogP contribution in [0.5, 0.6) is 0 Å². The van der Waals surface area contributed by atoms with Gasteiger partial charge in [0.1, 0.15) is 0 Å². The number of rotatable bonds is 2. The predicted molar refractivity (Wildman–Crippen MR) is 72.7 cm³/mol. The Morgan fingerprint density at radius 2 is 2.00 bits per heavy atom. The molecule has 1 heterocycles. The molecule has 98 valence electrons. The van der Waals surface area contributed by atoms with Crippen LogP contribution in [-0.2, 0) is 11.2 Å². The maximum Gasteiger partial charge on any atom is 0.328 e. The number of urea groups is 1. The normalized spacial score (nSPS) is 14.7. The minimum absolute atomic E-state index is 0.201. The molecule has 4 heteroatoms. The maximum atomic E-state index is 11.6. The number of amides is 3. The monoisotopic (exact) mass is 248 g/mol. The minimum Gasteiger partial charge on any atom is -0.294 e. The summed E-state index contributed by atoms with van der Waals surface area (Å²) in [7, 11) is 0. The van der Waals surface area contributed by atoms with Gasteiger partial charge in [0.15, 0.2) is 0 Å². The second kappa shape index (κ2) is 6.79. The zero-order chi connectivity index (χ0) is 13.5. The molecule has 0 unspecified atom stereocenters. The largest absolute Gasteiger partial charge is 0.328 e. The zero-order valence-corrected chi connectivity index (χ0v) is 11.2. The molecule has 0 aliphatic carbocycles. The summed E-state index contributed by atoms with van der Waals surface area (Å²) in [5.74, 6) is -0.201. The molecular formula is C14H20N2O2. The number of benzene rings is 1. The van der Waals surface area contributed by atoms with Gasteiger partial charge in [0.25, 0.3) is 0 Å². The Balaban J connectivity index is 0.000000771. The molecule has 0 atom stereocenters. The quantitative estimate of drug-likeness (QED) is 0.874. The van der Waals surface area contributed by atoms with Crippen LogP contribution in [0, 0.1) is 0 Å². The molecular weight excluding hydrogens is 228 g/mol. The van der Waals surface area contributed by atoms with Crippen LogP contribution in [0.25, 0.3) is 0 Å². The van der Waals surface area contributed by atoms with Gasteiger partial charge in [0.05, 0.1) is 0 Å². The zero-order valence-electron chi connectivity index (χ0n) is 11.2. The summed E-state index contributed by atoms with van der Waals surface area (Å²) >= 11 is 0. The van der Waals surface area contributed by atoms with Crippen LogP contribution >= 0.6 is 0 Å². The van der Waals surface area contributed by atoms with E-state index in [1.54, 1.807) is 4.90 Å². The van der Waals surface area contributed by atoms with Gasteiger partial charge in [-0.05, 0) is 24.1 Å². The lowest BCUT2D eigenvalue weighted by Crippen LogP contribution is -2.49. The first kappa shape index (κ1) is 14.2. The minimum atomic E-state index is -0.329. The second-order valence-electron chi connectivity index (χ2n) is 3.78. The topological polar surface area (TPSA) is 49.4 Å². The van der Waals surface area contributed by atoms with Crippen molar-refractivity contribution >= 4 is 17.6 Å². The van der Waals surface area contributed by atoms with Gasteiger partial charge in [-0.3, -0.25) is 15.0 Å². The van der Waals surface area contributed by atoms with E-state index < -0.39 is 0 Å². The molecule has 1 fully saturated rings. The fraction of sp³-hybridized carbons (Fsp3) is 0.429. The van der Waals surface area contributed by atoms with Crippen LogP contribution in [0.2, 0.25) is 0 Å². The Hall–Kier alpha value is -1.84. The van der Waals surface area contributed by atoms with Crippen molar-refractivity contribution in [3.8, 4) is 0 Å². The van der Waals surface area contributed by atoms with Crippen LogP contribution < -0.4 is 10.2 Å². The molecule has 0 aromatic heterocycles. The van der Waals surface area contributed by atoms with E-state index in [-0.39, 0.29) is 11.9 Å². The van der Waals surface area contributed by atoms with E-state index in [0.717, 1.165) is 12.1 Å². The molecule has 1 saturated heterocycles. The number of aryl methyl sites for hydroxylation is 1. The molecule has 1 aromatic carbocycles. The van der Waals surface area contributed by atoms with E-state index >= 15 is 0 Å². The summed E-state index contributed by atoms with van der Waals surface area (Å²) in [6.07, 6.45) is 1.30. The molecule has 0 spiro atoms. The highest BCUT2D eigenvalue weighted by Gasteiger charge is 2.23. The van der Waals surface area contributed by atoms with Crippen LogP contribution in [0.4, 0.5) is 10.5 Å². The molecule has 18 heavy (non-hydrogen) atoms. The highest BCUT2D eigenvalue weighted by Crippen LogP contribution is 2.18. The molecule has 1 aliphatic heterocycles. The van der Waals surface area contributed by atoms with Crippen molar-refractivity contribution in [2.45, 2.75) is 33.6 Å². The molecule has 1 aromatic rings. The van der Waals surface area contributed by atoms with Crippen LogP contribution in [-0.4, -0.2) is 18.5 Å². The molecule has 1 aliphatic rings. The van der Waals surface area contributed by atoms with Crippen molar-refractivity contribution in [2.24, 2.45) is 0 Å². The standard InChI is InChI=1S/C12H14N2O2.C2H6/c1-2-9-4-3-5-10(8-9)14-7-6-11(15)13-12(14)16;1-2/h3-5,8H,2,6-7H2,1H3,(H,13,15,16);1-2H3. The highest BCUT2D eigenvalue weighted by molar-refractivity contribution is 6.05. The third kappa shape index (κ3) is 3.32. The summed E-state index contributed by atoms with van der Waals surface area (Å²) in [4.78, 5) is 24.2. The lowest BCUT2D eigenvalue weighted by molar-refractivity contribution is -0.120. The molecule has 3 amide bonds. The van der Waals surface area contributed by atoms with Crippen LogP contribution in [0.15, 0.2) is 24.3 Å². The summed E-state index contributed by atoms with van der Waals surface area (Å²) in [5.41, 5.74) is 2.03. The molecule has 0 radical (unpaired) electrons. The highest BCUT2D eigenvalue weighted by atomic mass is 16.2. The van der Waals surface area contributed by atoms with Crippen molar-refractivity contribution in [2.75, 3.05) is 11.4 Å². The van der Waals surface area contributed by atoms with Crippen LogP contribution in [0.1, 0.15) is 32.8 Å². The van der Waals surface area contributed by atoms with E-state index in [4.69, 9.17) is 0 Å². The summed E-state index contributed by atoms with van der Waals surface area (Å²) in [6, 6.07) is 7.49. The Kier molecular flexibility index (Phi) is 5.36. The first-order chi connectivity index (χ1) is 8.70. The van der Waals surface area contributed by atoms with Crippen molar-refractivity contribution in [1.82, 2.24) is 5.32 Å².